The molecule has 2 unspecified atom stereocenters. The van der Waals surface area contributed by atoms with E-state index in [9.17, 15) is 10.5 Å². The first-order valence-electron chi connectivity index (χ1n) is 8.15. The van der Waals surface area contributed by atoms with Gasteiger partial charge in [0.05, 0.1) is 13.2 Å². The number of nitriles is 2. The summed E-state index contributed by atoms with van der Waals surface area (Å²) >= 11 is 12.7. The summed E-state index contributed by atoms with van der Waals surface area (Å²) in [6.45, 7) is 4.43. The Bertz CT molecular complexity index is 639. The van der Waals surface area contributed by atoms with Crippen molar-refractivity contribution >= 4 is 23.2 Å². The van der Waals surface area contributed by atoms with Crippen LogP contribution in [0.4, 0.5) is 0 Å². The first-order valence-corrected chi connectivity index (χ1v) is 8.90. The molecular weight excluding hydrogens is 379 g/mol. The number of halogens is 2. The number of ether oxygens (including phenoxy) is 4. The Labute approximate surface area is 164 Å². The molecule has 0 saturated carbocycles. The molecule has 0 spiro atoms. The second kappa shape index (κ2) is 11.1. The highest BCUT2D eigenvalue weighted by atomic mass is 35.5. The zero-order valence-electron chi connectivity index (χ0n) is 15.3. The molecule has 0 fully saturated rings. The van der Waals surface area contributed by atoms with Crippen molar-refractivity contribution in [2.75, 3.05) is 27.4 Å². The van der Waals surface area contributed by atoms with Crippen LogP contribution in [-0.4, -0.2) is 39.6 Å². The van der Waals surface area contributed by atoms with E-state index in [2.05, 4.69) is 0 Å². The van der Waals surface area contributed by atoms with Crippen molar-refractivity contribution in [1.29, 1.82) is 10.5 Å². The van der Waals surface area contributed by atoms with E-state index in [1.54, 1.807) is 14.2 Å². The van der Waals surface area contributed by atoms with E-state index >= 15 is 0 Å². The summed E-state index contributed by atoms with van der Waals surface area (Å²) in [5.41, 5.74) is -0.0301. The Morgan fingerprint density at radius 2 is 1.15 bits per heavy atom. The molecule has 0 aromatic heterocycles. The molecule has 142 valence electrons. The van der Waals surface area contributed by atoms with Gasteiger partial charge < -0.3 is 18.9 Å². The zero-order chi connectivity index (χ0) is 19.7. The molecule has 1 aromatic carbocycles. The highest BCUT2D eigenvalue weighted by Crippen LogP contribution is 2.45. The number of methoxy groups -OCH3 is 2. The van der Waals surface area contributed by atoms with E-state index in [0.717, 1.165) is 0 Å². The largest absolute Gasteiger partial charge is 0.485 e. The van der Waals surface area contributed by atoms with E-state index in [1.807, 2.05) is 26.0 Å². The number of hydrogen-bond donors (Lipinski definition) is 0. The van der Waals surface area contributed by atoms with Gasteiger partial charge in [-0.2, -0.15) is 10.5 Å². The van der Waals surface area contributed by atoms with Crippen LogP contribution in [0, 0.1) is 22.7 Å². The maximum absolute atomic E-state index is 9.59. The molecule has 1 aromatic rings. The lowest BCUT2D eigenvalue weighted by molar-refractivity contribution is 0.0761. The summed E-state index contributed by atoms with van der Waals surface area (Å²) in [6, 6.07) is 3.95. The Morgan fingerprint density at radius 1 is 0.808 bits per heavy atom. The van der Waals surface area contributed by atoms with Gasteiger partial charge in [0, 0.05) is 14.2 Å². The Kier molecular flexibility index (Phi) is 9.54. The van der Waals surface area contributed by atoms with Crippen molar-refractivity contribution in [3.05, 3.63) is 21.2 Å². The maximum Gasteiger partial charge on any atom is 0.159 e. The number of hydrogen-bond acceptors (Lipinski definition) is 6. The van der Waals surface area contributed by atoms with Crippen molar-refractivity contribution in [1.82, 2.24) is 0 Å². The molecule has 2 atom stereocenters. The highest BCUT2D eigenvalue weighted by Gasteiger charge is 2.27. The second-order valence-electron chi connectivity index (χ2n) is 5.47. The normalized spacial score (nSPS) is 12.8. The topological polar surface area (TPSA) is 84.5 Å². The fourth-order valence-corrected chi connectivity index (χ4v) is 2.71. The summed E-state index contributed by atoms with van der Waals surface area (Å²) in [5.74, 6) is 0.124. The predicted octanol–water partition coefficient (Wildman–Crippen LogP) is 4.34. The molecule has 0 aliphatic carbocycles. The van der Waals surface area contributed by atoms with Gasteiger partial charge >= 0.3 is 0 Å². The zero-order valence-corrected chi connectivity index (χ0v) is 16.8. The van der Waals surface area contributed by atoms with Gasteiger partial charge in [0.2, 0.25) is 0 Å². The molecule has 8 heteroatoms. The number of nitrogens with zero attached hydrogens (tertiary/aromatic N) is 2. The van der Waals surface area contributed by atoms with Gasteiger partial charge in [-0.1, -0.05) is 37.0 Å². The van der Waals surface area contributed by atoms with Crippen LogP contribution in [-0.2, 0) is 9.47 Å². The molecule has 0 N–H and O–H groups in total. The molecule has 0 heterocycles. The lowest BCUT2D eigenvalue weighted by atomic mass is 10.1. The third-order valence-corrected chi connectivity index (χ3v) is 4.52. The fourth-order valence-electron chi connectivity index (χ4n) is 2.26. The number of rotatable bonds is 10. The van der Waals surface area contributed by atoms with Crippen molar-refractivity contribution in [3.63, 3.8) is 0 Å². The van der Waals surface area contributed by atoms with Gasteiger partial charge in [-0.15, -0.1) is 0 Å². The lowest BCUT2D eigenvalue weighted by Crippen LogP contribution is -2.23. The van der Waals surface area contributed by atoms with Crippen molar-refractivity contribution < 1.29 is 18.9 Å². The van der Waals surface area contributed by atoms with Gasteiger partial charge in [0.25, 0.3) is 0 Å². The van der Waals surface area contributed by atoms with Crippen LogP contribution < -0.4 is 9.47 Å². The van der Waals surface area contributed by atoms with Crippen LogP contribution in [0.25, 0.3) is 0 Å². The molecule has 0 aliphatic heterocycles. The highest BCUT2D eigenvalue weighted by molar-refractivity contribution is 6.44. The summed E-state index contributed by atoms with van der Waals surface area (Å²) in [7, 11) is 3.09. The molecule has 6 nitrogen and oxygen atoms in total. The van der Waals surface area contributed by atoms with Gasteiger partial charge in [-0.25, -0.2) is 0 Å². The summed E-state index contributed by atoms with van der Waals surface area (Å²) < 4.78 is 21.8. The minimum absolute atomic E-state index is 0.0151. The quantitative estimate of drug-likeness (QED) is 0.580. The monoisotopic (exact) mass is 400 g/mol. The second-order valence-corrected chi connectivity index (χ2v) is 6.22. The molecule has 26 heavy (non-hydrogen) atoms. The minimum atomic E-state index is -0.337. The average molecular weight is 401 g/mol. The van der Waals surface area contributed by atoms with Crippen LogP contribution in [0.3, 0.4) is 0 Å². The van der Waals surface area contributed by atoms with Crippen molar-refractivity contribution in [3.8, 4) is 23.6 Å². The average Bonchev–Trinajstić information content (AvgIpc) is 2.65. The Hall–Kier alpha value is -1.70. The van der Waals surface area contributed by atoms with E-state index in [0.29, 0.717) is 26.1 Å². The first-order chi connectivity index (χ1) is 12.5. The maximum atomic E-state index is 9.59. The fraction of sp³-hybridized carbons (Fsp3) is 0.556. The van der Waals surface area contributed by atoms with E-state index in [4.69, 9.17) is 42.1 Å². The van der Waals surface area contributed by atoms with Crippen molar-refractivity contribution in [2.24, 2.45) is 0 Å². The molecular formula is C18H22Cl2N2O4. The van der Waals surface area contributed by atoms with Gasteiger partial charge in [0.1, 0.15) is 45.5 Å². The van der Waals surface area contributed by atoms with Crippen LogP contribution in [0.2, 0.25) is 10.0 Å². The number of benzene rings is 1. The lowest BCUT2D eigenvalue weighted by Gasteiger charge is -2.23. The summed E-state index contributed by atoms with van der Waals surface area (Å²) in [6.07, 6.45) is 0.573. The van der Waals surface area contributed by atoms with E-state index < -0.39 is 0 Å². The van der Waals surface area contributed by atoms with Gasteiger partial charge in [0.15, 0.2) is 11.5 Å². The first kappa shape index (κ1) is 22.3. The van der Waals surface area contributed by atoms with Gasteiger partial charge in [-0.3, -0.25) is 0 Å². The summed E-state index contributed by atoms with van der Waals surface area (Å²) in [5, 5.41) is 19.2. The standard InChI is InChI=1S/C18H22Cl2N2O4/c1-5-11(9-23-3)25-17-13(7-21)14(8-22)18(16(20)15(17)19)26-12(6-2)10-24-4/h11-12H,5-6,9-10H2,1-4H3. The van der Waals surface area contributed by atoms with Crippen LogP contribution in [0.1, 0.15) is 37.8 Å². The Morgan fingerprint density at radius 3 is 1.38 bits per heavy atom. The molecule has 0 bridgehead atoms. The predicted molar refractivity (Wildman–Crippen MR) is 99.1 cm³/mol. The molecule has 0 radical (unpaired) electrons. The molecule has 1 rings (SSSR count). The third-order valence-electron chi connectivity index (χ3n) is 3.70. The molecule has 0 amide bonds. The Balaban J connectivity index is 3.47. The van der Waals surface area contributed by atoms with E-state index in [-0.39, 0.29) is 44.9 Å². The van der Waals surface area contributed by atoms with Gasteiger partial charge in [-0.05, 0) is 12.8 Å². The molecule has 0 aliphatic rings. The van der Waals surface area contributed by atoms with Crippen LogP contribution >= 0.6 is 23.2 Å². The SMILES string of the molecule is CCC(COC)Oc1c(Cl)c(Cl)c(OC(CC)COC)c(C#N)c1C#N. The van der Waals surface area contributed by atoms with Crippen LogP contribution in [0.15, 0.2) is 0 Å². The molecule has 0 saturated heterocycles. The van der Waals surface area contributed by atoms with Crippen LogP contribution in [0.5, 0.6) is 11.5 Å². The minimum Gasteiger partial charge on any atom is -0.485 e. The smallest absolute Gasteiger partial charge is 0.159 e. The summed E-state index contributed by atoms with van der Waals surface area (Å²) in [4.78, 5) is 0. The van der Waals surface area contributed by atoms with Crippen molar-refractivity contribution in [2.45, 2.75) is 38.9 Å². The van der Waals surface area contributed by atoms with E-state index in [1.165, 1.54) is 0 Å². The third kappa shape index (κ3) is 5.16.